The number of terminal acetylenes is 1. The van der Waals surface area contributed by atoms with E-state index in [1.54, 1.807) is 6.20 Å². The second kappa shape index (κ2) is 8.56. The number of benzene rings is 1. The smallest absolute Gasteiger partial charge is 0.232 e. The molecule has 0 saturated heterocycles. The number of nitrogens with one attached hydrogen (secondary N) is 3. The topological polar surface area (TPSA) is 99.2 Å². The van der Waals surface area contributed by atoms with Gasteiger partial charge in [0.1, 0.15) is 5.82 Å². The Hall–Kier alpha value is -3.11. The van der Waals surface area contributed by atoms with Crippen LogP contribution in [-0.4, -0.2) is 39.7 Å². The van der Waals surface area contributed by atoms with Crippen molar-refractivity contribution in [3.05, 3.63) is 41.6 Å². The molecule has 2 aromatic rings. The third-order valence-corrected chi connectivity index (χ3v) is 6.61. The Labute approximate surface area is 183 Å². The average molecular weight is 420 g/mol. The van der Waals surface area contributed by atoms with Crippen LogP contribution < -0.4 is 16.0 Å². The maximum absolute atomic E-state index is 12.3. The van der Waals surface area contributed by atoms with Crippen LogP contribution in [-0.2, 0) is 4.79 Å². The summed E-state index contributed by atoms with van der Waals surface area (Å²) in [5, 5.41) is 20.0. The second-order valence-electron chi connectivity index (χ2n) is 8.91. The molecule has 1 amide bonds. The largest absolute Gasteiger partial charge is 0.392 e. The van der Waals surface area contributed by atoms with Gasteiger partial charge in [0.2, 0.25) is 11.9 Å². The molecule has 3 atom stereocenters. The minimum Gasteiger partial charge on any atom is -0.392 e. The summed E-state index contributed by atoms with van der Waals surface area (Å²) in [6.07, 6.45) is 10.3. The summed E-state index contributed by atoms with van der Waals surface area (Å²) in [6.45, 7) is 4.68. The third-order valence-electron chi connectivity index (χ3n) is 6.61. The summed E-state index contributed by atoms with van der Waals surface area (Å²) in [6, 6.07) is 7.83. The molecule has 1 unspecified atom stereocenters. The predicted molar refractivity (Wildman–Crippen MR) is 122 cm³/mol. The van der Waals surface area contributed by atoms with Crippen molar-refractivity contribution in [1.29, 1.82) is 0 Å². The Morgan fingerprint density at radius 2 is 2.13 bits per heavy atom. The van der Waals surface area contributed by atoms with E-state index in [-0.39, 0.29) is 29.4 Å². The monoisotopic (exact) mass is 419 g/mol. The third kappa shape index (κ3) is 4.21. The van der Waals surface area contributed by atoms with Crippen molar-refractivity contribution in [2.24, 2.45) is 5.41 Å². The average Bonchev–Trinajstić information content (AvgIpc) is 3.07. The standard InChI is InChI=1S/C24H29N5O2/c1-4-15-14-26-23(29-21(15)28-19-10-7-11-20(30)24(19,2)3)25-13-12-17-16-8-5-6-9-18(16)27-22(17)31/h1,5-6,8-9,14,17,19-20,30H,7,10-13H2,2-3H3,(H,27,31)(H2,25,26,28,29)/t17?,19-,20-/m0/s1. The highest BCUT2D eigenvalue weighted by molar-refractivity contribution is 6.02. The van der Waals surface area contributed by atoms with E-state index in [0.29, 0.717) is 30.3 Å². The van der Waals surface area contributed by atoms with Crippen LogP contribution in [0.3, 0.4) is 0 Å². The fourth-order valence-electron chi connectivity index (χ4n) is 4.49. The number of aliphatic hydroxyl groups is 1. The molecule has 0 spiro atoms. The normalized spacial score (nSPS) is 24.1. The number of aliphatic hydroxyl groups excluding tert-OH is 1. The Kier molecular flexibility index (Phi) is 5.84. The van der Waals surface area contributed by atoms with Gasteiger partial charge < -0.3 is 21.1 Å². The van der Waals surface area contributed by atoms with Crippen molar-refractivity contribution in [2.45, 2.75) is 57.6 Å². The van der Waals surface area contributed by atoms with Gasteiger partial charge in [0.25, 0.3) is 0 Å². The summed E-state index contributed by atoms with van der Waals surface area (Å²) >= 11 is 0. The minimum atomic E-state index is -0.368. The van der Waals surface area contributed by atoms with Crippen LogP contribution in [0.4, 0.5) is 17.5 Å². The number of amides is 1. The van der Waals surface area contributed by atoms with Crippen LogP contribution in [0.2, 0.25) is 0 Å². The number of para-hydroxylation sites is 1. The highest BCUT2D eigenvalue weighted by atomic mass is 16.3. The quantitative estimate of drug-likeness (QED) is 0.536. The number of hydrogen-bond donors (Lipinski definition) is 4. The van der Waals surface area contributed by atoms with Crippen LogP contribution in [0.5, 0.6) is 0 Å². The van der Waals surface area contributed by atoms with Crippen LogP contribution >= 0.6 is 0 Å². The Bertz CT molecular complexity index is 1010. The molecule has 4 rings (SSSR count). The highest BCUT2D eigenvalue weighted by Crippen LogP contribution is 2.38. The van der Waals surface area contributed by atoms with E-state index in [9.17, 15) is 9.90 Å². The molecule has 162 valence electrons. The van der Waals surface area contributed by atoms with Gasteiger partial charge in [-0.05, 0) is 37.3 Å². The lowest BCUT2D eigenvalue weighted by Crippen LogP contribution is -2.48. The Morgan fingerprint density at radius 1 is 1.32 bits per heavy atom. The number of hydrogen-bond acceptors (Lipinski definition) is 6. The number of carbonyl (C=O) groups excluding carboxylic acids is 1. The van der Waals surface area contributed by atoms with Gasteiger partial charge in [-0.3, -0.25) is 4.79 Å². The zero-order valence-electron chi connectivity index (χ0n) is 18.0. The van der Waals surface area contributed by atoms with Crippen molar-refractivity contribution < 1.29 is 9.90 Å². The van der Waals surface area contributed by atoms with Gasteiger partial charge in [-0.1, -0.05) is 38.0 Å². The van der Waals surface area contributed by atoms with Crippen LogP contribution in [0.15, 0.2) is 30.5 Å². The number of fused-ring (bicyclic) bond motifs is 1. The van der Waals surface area contributed by atoms with Gasteiger partial charge in [-0.15, -0.1) is 6.42 Å². The molecule has 1 aromatic carbocycles. The van der Waals surface area contributed by atoms with Crippen molar-refractivity contribution in [1.82, 2.24) is 9.97 Å². The molecule has 1 aliphatic heterocycles. The molecular weight excluding hydrogens is 390 g/mol. The van der Waals surface area contributed by atoms with E-state index in [2.05, 4.69) is 45.7 Å². The molecule has 7 heteroatoms. The summed E-state index contributed by atoms with van der Waals surface area (Å²) in [5.74, 6) is 3.53. The fraction of sp³-hybridized carbons (Fsp3) is 0.458. The van der Waals surface area contributed by atoms with Gasteiger partial charge >= 0.3 is 0 Å². The number of nitrogens with zero attached hydrogens (tertiary/aromatic N) is 2. The van der Waals surface area contributed by atoms with Crippen molar-refractivity contribution in [3.8, 4) is 12.3 Å². The Balaban J connectivity index is 1.43. The van der Waals surface area contributed by atoms with E-state index in [1.165, 1.54) is 0 Å². The number of rotatable bonds is 6. The van der Waals surface area contributed by atoms with Gasteiger partial charge in [0.15, 0.2) is 0 Å². The fourth-order valence-corrected chi connectivity index (χ4v) is 4.49. The lowest BCUT2D eigenvalue weighted by Gasteiger charge is -2.43. The molecule has 0 bridgehead atoms. The van der Waals surface area contributed by atoms with Gasteiger partial charge in [-0.2, -0.15) is 4.98 Å². The molecule has 1 saturated carbocycles. The maximum atomic E-state index is 12.3. The molecule has 1 fully saturated rings. The molecule has 1 aromatic heterocycles. The Morgan fingerprint density at radius 3 is 2.94 bits per heavy atom. The predicted octanol–water partition coefficient (Wildman–Crippen LogP) is 3.35. The summed E-state index contributed by atoms with van der Waals surface area (Å²) in [7, 11) is 0. The van der Waals surface area contributed by atoms with Crippen molar-refractivity contribution >= 4 is 23.4 Å². The summed E-state index contributed by atoms with van der Waals surface area (Å²) in [4.78, 5) is 21.2. The summed E-state index contributed by atoms with van der Waals surface area (Å²) < 4.78 is 0. The number of aromatic nitrogens is 2. The lowest BCUT2D eigenvalue weighted by molar-refractivity contribution is -0.117. The van der Waals surface area contributed by atoms with E-state index in [4.69, 9.17) is 6.42 Å². The molecule has 4 N–H and O–H groups in total. The van der Waals surface area contributed by atoms with Crippen molar-refractivity contribution in [2.75, 3.05) is 22.5 Å². The number of anilines is 3. The molecule has 31 heavy (non-hydrogen) atoms. The molecular formula is C24H29N5O2. The first kappa shape index (κ1) is 21.1. The zero-order chi connectivity index (χ0) is 22.0. The second-order valence-corrected chi connectivity index (χ2v) is 8.91. The van der Waals surface area contributed by atoms with E-state index >= 15 is 0 Å². The zero-order valence-corrected chi connectivity index (χ0v) is 18.0. The van der Waals surface area contributed by atoms with Crippen LogP contribution in [0.1, 0.15) is 56.6 Å². The van der Waals surface area contributed by atoms with E-state index in [1.807, 2.05) is 24.3 Å². The summed E-state index contributed by atoms with van der Waals surface area (Å²) in [5.41, 5.74) is 2.21. The van der Waals surface area contributed by atoms with Crippen LogP contribution in [0, 0.1) is 17.8 Å². The van der Waals surface area contributed by atoms with E-state index < -0.39 is 0 Å². The molecule has 0 radical (unpaired) electrons. The first-order valence-electron chi connectivity index (χ1n) is 10.8. The highest BCUT2D eigenvalue weighted by Gasteiger charge is 2.39. The molecule has 7 nitrogen and oxygen atoms in total. The van der Waals surface area contributed by atoms with Crippen molar-refractivity contribution in [3.63, 3.8) is 0 Å². The van der Waals surface area contributed by atoms with E-state index in [0.717, 1.165) is 30.5 Å². The minimum absolute atomic E-state index is 0.0204. The van der Waals surface area contributed by atoms with Crippen LogP contribution in [0.25, 0.3) is 0 Å². The lowest BCUT2D eigenvalue weighted by atomic mass is 9.71. The van der Waals surface area contributed by atoms with Gasteiger partial charge in [-0.25, -0.2) is 4.98 Å². The SMILES string of the molecule is C#Cc1cnc(NCCC2C(=O)Nc3ccccc32)nc1N[C@H]1CCC[C@H](O)C1(C)C. The maximum Gasteiger partial charge on any atom is 0.232 e. The van der Waals surface area contributed by atoms with Gasteiger partial charge in [0.05, 0.1) is 23.8 Å². The first-order valence-corrected chi connectivity index (χ1v) is 10.8. The first-order chi connectivity index (χ1) is 14.9. The molecule has 1 aliphatic carbocycles. The molecule has 2 heterocycles. The van der Waals surface area contributed by atoms with Gasteiger partial charge in [0, 0.05) is 23.7 Å². The molecule has 2 aliphatic rings. The number of carbonyl (C=O) groups is 1.